The number of thiophene rings is 1. The van der Waals surface area contributed by atoms with Crippen molar-refractivity contribution in [2.75, 3.05) is 11.9 Å². The van der Waals surface area contributed by atoms with Crippen molar-refractivity contribution in [1.82, 2.24) is 0 Å². The molecular weight excluding hydrogens is 416 g/mol. The van der Waals surface area contributed by atoms with E-state index in [1.165, 1.54) is 41.2 Å². The summed E-state index contributed by atoms with van der Waals surface area (Å²) in [6, 6.07) is 13.3. The highest BCUT2D eigenvalue weighted by molar-refractivity contribution is 7.15. The number of carbonyl (C=O) groups excluding carboxylic acids is 2. The van der Waals surface area contributed by atoms with Gasteiger partial charge in [-0.15, -0.1) is 11.3 Å². The Hall–Kier alpha value is -3.52. The van der Waals surface area contributed by atoms with Gasteiger partial charge in [0, 0.05) is 28.6 Å². The number of non-ortho nitro benzene ring substituents is 1. The van der Waals surface area contributed by atoms with Crippen molar-refractivity contribution in [2.24, 2.45) is 0 Å². The molecule has 1 aromatic heterocycles. The summed E-state index contributed by atoms with van der Waals surface area (Å²) in [6.45, 7) is 6.11. The second-order valence-corrected chi connectivity index (χ2v) is 7.99. The molecular formula is C23H22N2O5S. The van der Waals surface area contributed by atoms with E-state index >= 15 is 0 Å². The average molecular weight is 439 g/mol. The van der Waals surface area contributed by atoms with Crippen LogP contribution in [0.1, 0.15) is 53.0 Å². The summed E-state index contributed by atoms with van der Waals surface area (Å²) in [7, 11) is 0. The van der Waals surface area contributed by atoms with Crippen LogP contribution in [0.15, 0.2) is 53.9 Å². The lowest BCUT2D eigenvalue weighted by molar-refractivity contribution is -0.384. The molecule has 0 aliphatic heterocycles. The quantitative estimate of drug-likeness (QED) is 0.282. The standard InChI is InChI=1S/C23H22N2O5S/c1-4-30-23(27)20-19(16-10-8-15(9-11-16)14(2)3)13-31-22(20)24-21(26)17-6-5-7-18(12-17)25(28)29/h5-14H,4H2,1-3H3,(H,24,26). The molecule has 2 aromatic carbocycles. The fourth-order valence-corrected chi connectivity index (χ4v) is 4.00. The monoisotopic (exact) mass is 438 g/mol. The van der Waals surface area contributed by atoms with E-state index in [0.717, 1.165) is 5.56 Å². The third-order valence-corrected chi connectivity index (χ3v) is 5.60. The number of anilines is 1. The lowest BCUT2D eigenvalue weighted by Crippen LogP contribution is -2.15. The summed E-state index contributed by atoms with van der Waals surface area (Å²) in [5, 5.41) is 15.8. The molecule has 0 bridgehead atoms. The Morgan fingerprint density at radius 2 is 1.87 bits per heavy atom. The molecule has 8 heteroatoms. The number of esters is 1. The molecule has 0 aliphatic rings. The van der Waals surface area contributed by atoms with Gasteiger partial charge in [-0.25, -0.2) is 4.79 Å². The molecule has 0 atom stereocenters. The number of benzene rings is 2. The molecule has 0 radical (unpaired) electrons. The van der Waals surface area contributed by atoms with E-state index in [4.69, 9.17) is 4.74 Å². The average Bonchev–Trinajstić information content (AvgIpc) is 3.17. The molecule has 160 valence electrons. The second-order valence-electron chi connectivity index (χ2n) is 7.11. The topological polar surface area (TPSA) is 98.5 Å². The minimum atomic E-state index is -0.565. The normalized spacial score (nSPS) is 10.7. The van der Waals surface area contributed by atoms with Gasteiger partial charge in [0.1, 0.15) is 10.6 Å². The van der Waals surface area contributed by atoms with Crippen molar-refractivity contribution in [2.45, 2.75) is 26.7 Å². The van der Waals surface area contributed by atoms with E-state index in [0.29, 0.717) is 16.5 Å². The predicted octanol–water partition coefficient (Wildman–Crippen LogP) is 5.88. The number of nitrogens with one attached hydrogen (secondary N) is 1. The summed E-state index contributed by atoms with van der Waals surface area (Å²) in [5.74, 6) is -0.704. The lowest BCUT2D eigenvalue weighted by Gasteiger charge is -2.10. The first kappa shape index (κ1) is 22.2. The molecule has 3 rings (SSSR count). The van der Waals surface area contributed by atoms with Crippen LogP contribution < -0.4 is 5.32 Å². The molecule has 0 saturated carbocycles. The van der Waals surface area contributed by atoms with Crippen LogP contribution in [0, 0.1) is 10.1 Å². The van der Waals surface area contributed by atoms with Gasteiger partial charge < -0.3 is 10.1 Å². The first-order valence-corrected chi connectivity index (χ1v) is 10.6. The van der Waals surface area contributed by atoms with E-state index in [2.05, 4.69) is 19.2 Å². The zero-order valence-electron chi connectivity index (χ0n) is 17.4. The highest BCUT2D eigenvalue weighted by atomic mass is 32.1. The number of rotatable bonds is 7. The second kappa shape index (κ2) is 9.53. The molecule has 7 nitrogen and oxygen atoms in total. The summed E-state index contributed by atoms with van der Waals surface area (Å²) in [6.07, 6.45) is 0. The molecule has 0 fully saturated rings. The fourth-order valence-electron chi connectivity index (χ4n) is 3.05. The Morgan fingerprint density at radius 1 is 1.16 bits per heavy atom. The molecule has 31 heavy (non-hydrogen) atoms. The maximum absolute atomic E-state index is 12.7. The summed E-state index contributed by atoms with van der Waals surface area (Å²) in [4.78, 5) is 35.8. The van der Waals surface area contributed by atoms with Crippen LogP contribution in [0.4, 0.5) is 10.7 Å². The summed E-state index contributed by atoms with van der Waals surface area (Å²) in [5.41, 5.74) is 2.88. The fraction of sp³-hybridized carbons (Fsp3) is 0.217. The van der Waals surface area contributed by atoms with Crippen LogP contribution in [0.5, 0.6) is 0 Å². The zero-order chi connectivity index (χ0) is 22.5. The lowest BCUT2D eigenvalue weighted by atomic mass is 9.98. The maximum atomic E-state index is 12.7. The number of hydrogen-bond acceptors (Lipinski definition) is 6. The van der Waals surface area contributed by atoms with Crippen LogP contribution in [-0.4, -0.2) is 23.4 Å². The molecule has 3 aromatic rings. The SMILES string of the molecule is CCOC(=O)c1c(-c2ccc(C(C)C)cc2)csc1NC(=O)c1cccc([N+](=O)[O-])c1. The Balaban J connectivity index is 1.97. The van der Waals surface area contributed by atoms with E-state index in [9.17, 15) is 19.7 Å². The minimum Gasteiger partial charge on any atom is -0.462 e. The highest BCUT2D eigenvalue weighted by Gasteiger charge is 2.23. The van der Waals surface area contributed by atoms with Gasteiger partial charge in [-0.1, -0.05) is 44.2 Å². The van der Waals surface area contributed by atoms with Crippen LogP contribution in [0.3, 0.4) is 0 Å². The molecule has 1 amide bonds. The van der Waals surface area contributed by atoms with Crippen molar-refractivity contribution >= 4 is 33.9 Å². The molecule has 1 N–H and O–H groups in total. The van der Waals surface area contributed by atoms with Crippen molar-refractivity contribution in [3.05, 3.63) is 80.7 Å². The molecule has 0 saturated heterocycles. The van der Waals surface area contributed by atoms with Crippen molar-refractivity contribution in [3.8, 4) is 11.1 Å². The smallest absolute Gasteiger partial charge is 0.341 e. The Morgan fingerprint density at radius 3 is 2.48 bits per heavy atom. The van der Waals surface area contributed by atoms with Gasteiger partial charge in [-0.2, -0.15) is 0 Å². The third kappa shape index (κ3) is 4.97. The number of nitro groups is 1. The van der Waals surface area contributed by atoms with Crippen LogP contribution in [-0.2, 0) is 4.74 Å². The Bertz CT molecular complexity index is 1120. The molecule has 0 unspecified atom stereocenters. The largest absolute Gasteiger partial charge is 0.462 e. The van der Waals surface area contributed by atoms with E-state index in [1.54, 1.807) is 12.3 Å². The Labute approximate surface area is 183 Å². The van der Waals surface area contributed by atoms with Crippen molar-refractivity contribution in [3.63, 3.8) is 0 Å². The minimum absolute atomic E-state index is 0.125. The maximum Gasteiger partial charge on any atom is 0.341 e. The van der Waals surface area contributed by atoms with Gasteiger partial charge in [-0.3, -0.25) is 14.9 Å². The van der Waals surface area contributed by atoms with Crippen molar-refractivity contribution in [1.29, 1.82) is 0 Å². The summed E-state index contributed by atoms with van der Waals surface area (Å²) >= 11 is 1.20. The van der Waals surface area contributed by atoms with Gasteiger partial charge in [0.25, 0.3) is 11.6 Å². The Kier molecular flexibility index (Phi) is 6.81. The number of carbonyl (C=O) groups is 2. The van der Waals surface area contributed by atoms with Crippen LogP contribution in [0.2, 0.25) is 0 Å². The van der Waals surface area contributed by atoms with Crippen LogP contribution >= 0.6 is 11.3 Å². The number of nitro benzene ring substituents is 1. The van der Waals surface area contributed by atoms with Gasteiger partial charge >= 0.3 is 5.97 Å². The summed E-state index contributed by atoms with van der Waals surface area (Å²) < 4.78 is 5.22. The highest BCUT2D eigenvalue weighted by Crippen LogP contribution is 2.37. The zero-order valence-corrected chi connectivity index (χ0v) is 18.2. The number of ether oxygens (including phenoxy) is 1. The third-order valence-electron chi connectivity index (χ3n) is 4.71. The first-order chi connectivity index (χ1) is 14.8. The molecule has 1 heterocycles. The van der Waals surface area contributed by atoms with Gasteiger partial charge in [0.05, 0.1) is 11.5 Å². The van der Waals surface area contributed by atoms with Gasteiger partial charge in [0.2, 0.25) is 0 Å². The number of nitrogens with zero attached hydrogens (tertiary/aromatic N) is 1. The molecule has 0 spiro atoms. The van der Waals surface area contributed by atoms with Gasteiger partial charge in [-0.05, 0) is 30.0 Å². The van der Waals surface area contributed by atoms with Crippen LogP contribution in [0.25, 0.3) is 11.1 Å². The van der Waals surface area contributed by atoms with E-state index in [1.807, 2.05) is 24.3 Å². The first-order valence-electron chi connectivity index (χ1n) is 9.76. The number of hydrogen-bond donors (Lipinski definition) is 1. The van der Waals surface area contributed by atoms with E-state index < -0.39 is 16.8 Å². The van der Waals surface area contributed by atoms with Crippen molar-refractivity contribution < 1.29 is 19.2 Å². The number of amides is 1. The predicted molar refractivity (Wildman–Crippen MR) is 121 cm³/mol. The van der Waals surface area contributed by atoms with Gasteiger partial charge in [0.15, 0.2) is 0 Å². The molecule has 0 aliphatic carbocycles. The van der Waals surface area contributed by atoms with E-state index in [-0.39, 0.29) is 23.4 Å².